The Bertz CT molecular complexity index is 482. The van der Waals surface area contributed by atoms with Crippen LogP contribution in [0.25, 0.3) is 10.7 Å². The van der Waals surface area contributed by atoms with Gasteiger partial charge in [0.15, 0.2) is 0 Å². The predicted octanol–water partition coefficient (Wildman–Crippen LogP) is 2.47. The maximum Gasteiger partial charge on any atom is 0.227 e. The van der Waals surface area contributed by atoms with Crippen LogP contribution in [0, 0.1) is 5.41 Å². The maximum absolute atomic E-state index is 5.83. The molecule has 2 heterocycles. The fourth-order valence-electron chi connectivity index (χ4n) is 2.28. The highest BCUT2D eigenvalue weighted by atomic mass is 32.1. The van der Waals surface area contributed by atoms with Crippen molar-refractivity contribution in [3.8, 4) is 10.7 Å². The Morgan fingerprint density at radius 3 is 2.94 bits per heavy atom. The zero-order valence-corrected chi connectivity index (χ0v) is 10.4. The van der Waals surface area contributed by atoms with Crippen molar-refractivity contribution in [2.24, 2.45) is 11.1 Å². The molecule has 4 nitrogen and oxygen atoms in total. The summed E-state index contributed by atoms with van der Waals surface area (Å²) in [4.78, 5) is 5.50. The molecule has 5 heteroatoms. The van der Waals surface area contributed by atoms with Gasteiger partial charge in [0.1, 0.15) is 0 Å². The Kier molecular flexibility index (Phi) is 2.72. The molecule has 2 N–H and O–H groups in total. The minimum atomic E-state index is 0.221. The van der Waals surface area contributed by atoms with Crippen LogP contribution in [0.1, 0.15) is 25.2 Å². The molecule has 0 aliphatic heterocycles. The second-order valence-corrected chi connectivity index (χ2v) is 5.67. The smallest absolute Gasteiger partial charge is 0.227 e. The van der Waals surface area contributed by atoms with Crippen LogP contribution in [0.5, 0.6) is 0 Å². The standard InChI is InChI=1S/C12H15N3OS/c13-8-12(4-2-5-12)7-10-14-11(15-16-10)9-3-1-6-17-9/h1,3,6H,2,4-5,7-8,13H2. The lowest BCUT2D eigenvalue weighted by Gasteiger charge is -2.39. The van der Waals surface area contributed by atoms with Gasteiger partial charge >= 0.3 is 0 Å². The first-order chi connectivity index (χ1) is 8.31. The lowest BCUT2D eigenvalue weighted by molar-refractivity contribution is 0.129. The first kappa shape index (κ1) is 10.9. The summed E-state index contributed by atoms with van der Waals surface area (Å²) < 4.78 is 5.31. The summed E-state index contributed by atoms with van der Waals surface area (Å²) in [5.74, 6) is 1.42. The van der Waals surface area contributed by atoms with Crippen LogP contribution >= 0.6 is 11.3 Å². The molecule has 2 aromatic rings. The molecule has 0 aromatic carbocycles. The van der Waals surface area contributed by atoms with E-state index < -0.39 is 0 Å². The van der Waals surface area contributed by atoms with Crippen molar-refractivity contribution >= 4 is 11.3 Å². The summed E-state index contributed by atoms with van der Waals surface area (Å²) in [7, 11) is 0. The van der Waals surface area contributed by atoms with Crippen LogP contribution in [-0.2, 0) is 6.42 Å². The SMILES string of the molecule is NCC1(Cc2nc(-c3cccs3)no2)CCC1. The molecule has 1 aliphatic rings. The molecule has 90 valence electrons. The lowest BCUT2D eigenvalue weighted by atomic mass is 9.67. The van der Waals surface area contributed by atoms with Crippen molar-refractivity contribution in [1.29, 1.82) is 0 Å². The van der Waals surface area contributed by atoms with Gasteiger partial charge in [0.25, 0.3) is 0 Å². The molecule has 3 rings (SSSR count). The van der Waals surface area contributed by atoms with E-state index in [4.69, 9.17) is 10.3 Å². The molecule has 0 amide bonds. The summed E-state index contributed by atoms with van der Waals surface area (Å²) in [6.45, 7) is 0.712. The monoisotopic (exact) mass is 249 g/mol. The van der Waals surface area contributed by atoms with Crippen molar-refractivity contribution in [1.82, 2.24) is 10.1 Å². The number of hydrogen-bond donors (Lipinski definition) is 1. The average molecular weight is 249 g/mol. The zero-order chi connectivity index (χ0) is 11.7. The fraction of sp³-hybridized carbons (Fsp3) is 0.500. The van der Waals surface area contributed by atoms with Crippen LogP contribution in [0.15, 0.2) is 22.0 Å². The van der Waals surface area contributed by atoms with Gasteiger partial charge in [0.05, 0.1) is 4.88 Å². The Hall–Kier alpha value is -1.20. The summed E-state index contributed by atoms with van der Waals surface area (Å²) >= 11 is 1.62. The quantitative estimate of drug-likeness (QED) is 0.904. The van der Waals surface area contributed by atoms with Crippen LogP contribution in [0.4, 0.5) is 0 Å². The third-order valence-electron chi connectivity index (χ3n) is 3.58. The van der Waals surface area contributed by atoms with E-state index in [1.54, 1.807) is 11.3 Å². The minimum absolute atomic E-state index is 0.221. The maximum atomic E-state index is 5.83. The Balaban J connectivity index is 1.77. The van der Waals surface area contributed by atoms with Crippen molar-refractivity contribution in [3.63, 3.8) is 0 Å². The van der Waals surface area contributed by atoms with E-state index in [2.05, 4.69) is 10.1 Å². The van der Waals surface area contributed by atoms with Crippen molar-refractivity contribution in [2.45, 2.75) is 25.7 Å². The zero-order valence-electron chi connectivity index (χ0n) is 9.56. The molecule has 0 radical (unpaired) electrons. The molecular formula is C12H15N3OS. The highest BCUT2D eigenvalue weighted by molar-refractivity contribution is 7.13. The Labute approximate surface area is 104 Å². The van der Waals surface area contributed by atoms with Gasteiger partial charge < -0.3 is 10.3 Å². The third kappa shape index (κ3) is 2.00. The van der Waals surface area contributed by atoms with Gasteiger partial charge in [-0.1, -0.05) is 17.6 Å². The number of rotatable bonds is 4. The van der Waals surface area contributed by atoms with E-state index in [1.807, 2.05) is 17.5 Å². The van der Waals surface area contributed by atoms with Crippen molar-refractivity contribution < 1.29 is 4.52 Å². The molecule has 0 bridgehead atoms. The molecule has 17 heavy (non-hydrogen) atoms. The van der Waals surface area contributed by atoms with Gasteiger partial charge in [-0.05, 0) is 36.2 Å². The van der Waals surface area contributed by atoms with Crippen molar-refractivity contribution in [3.05, 3.63) is 23.4 Å². The van der Waals surface area contributed by atoms with Gasteiger partial charge in [0.2, 0.25) is 11.7 Å². The number of aromatic nitrogens is 2. The largest absolute Gasteiger partial charge is 0.339 e. The second kappa shape index (κ2) is 4.23. The van der Waals surface area contributed by atoms with Gasteiger partial charge in [-0.15, -0.1) is 11.3 Å². The second-order valence-electron chi connectivity index (χ2n) is 4.72. The van der Waals surface area contributed by atoms with E-state index >= 15 is 0 Å². The van der Waals surface area contributed by atoms with E-state index in [0.717, 1.165) is 17.2 Å². The molecule has 0 spiro atoms. The molecule has 0 unspecified atom stereocenters. The third-order valence-corrected chi connectivity index (χ3v) is 4.45. The van der Waals surface area contributed by atoms with E-state index in [1.165, 1.54) is 19.3 Å². The van der Waals surface area contributed by atoms with Gasteiger partial charge in [-0.3, -0.25) is 0 Å². The summed E-state index contributed by atoms with van der Waals surface area (Å²) in [6.07, 6.45) is 4.45. The molecular weight excluding hydrogens is 234 g/mol. The number of nitrogens with two attached hydrogens (primary N) is 1. The fourth-order valence-corrected chi connectivity index (χ4v) is 2.93. The number of hydrogen-bond acceptors (Lipinski definition) is 5. The number of nitrogens with zero attached hydrogens (tertiary/aromatic N) is 2. The molecule has 2 aromatic heterocycles. The lowest BCUT2D eigenvalue weighted by Crippen LogP contribution is -2.39. The van der Waals surface area contributed by atoms with Crippen LogP contribution in [-0.4, -0.2) is 16.7 Å². The van der Waals surface area contributed by atoms with E-state index in [-0.39, 0.29) is 5.41 Å². The molecule has 1 aliphatic carbocycles. The van der Waals surface area contributed by atoms with E-state index in [0.29, 0.717) is 12.4 Å². The summed E-state index contributed by atoms with van der Waals surface area (Å²) in [5.41, 5.74) is 6.05. The molecule has 1 fully saturated rings. The van der Waals surface area contributed by atoms with Gasteiger partial charge in [-0.2, -0.15) is 4.98 Å². The first-order valence-corrected chi connectivity index (χ1v) is 6.76. The Morgan fingerprint density at radius 2 is 2.35 bits per heavy atom. The predicted molar refractivity (Wildman–Crippen MR) is 66.7 cm³/mol. The van der Waals surface area contributed by atoms with E-state index in [9.17, 15) is 0 Å². The first-order valence-electron chi connectivity index (χ1n) is 5.88. The average Bonchev–Trinajstić information content (AvgIpc) is 2.94. The molecule has 1 saturated carbocycles. The molecule has 0 saturated heterocycles. The van der Waals surface area contributed by atoms with Crippen LogP contribution in [0.3, 0.4) is 0 Å². The number of thiophene rings is 1. The molecule has 0 atom stereocenters. The normalized spacial score (nSPS) is 17.9. The Morgan fingerprint density at radius 1 is 1.47 bits per heavy atom. The summed E-state index contributed by atoms with van der Waals surface area (Å²) in [6, 6.07) is 3.99. The minimum Gasteiger partial charge on any atom is -0.339 e. The highest BCUT2D eigenvalue weighted by Gasteiger charge is 2.37. The topological polar surface area (TPSA) is 64.9 Å². The highest BCUT2D eigenvalue weighted by Crippen LogP contribution is 2.42. The van der Waals surface area contributed by atoms with Gasteiger partial charge in [-0.25, -0.2) is 0 Å². The van der Waals surface area contributed by atoms with Crippen LogP contribution in [0.2, 0.25) is 0 Å². The van der Waals surface area contributed by atoms with Crippen LogP contribution < -0.4 is 5.73 Å². The van der Waals surface area contributed by atoms with Crippen molar-refractivity contribution in [2.75, 3.05) is 6.54 Å². The van der Waals surface area contributed by atoms with Gasteiger partial charge in [0, 0.05) is 6.42 Å². The summed E-state index contributed by atoms with van der Waals surface area (Å²) in [5, 5.41) is 6.03.